The SMILES string of the molecule is CC(=O)Nc1ccc(C2OC(CN(C)Cc3ccccc3)CC(c3ccc(CO)cc3)O2)cc1. The predicted octanol–water partition coefficient (Wildman–Crippen LogP) is 4.81. The Morgan fingerprint density at radius 3 is 2.26 bits per heavy atom. The second-order valence-electron chi connectivity index (χ2n) is 8.84. The molecule has 0 aliphatic carbocycles. The van der Waals surface area contributed by atoms with Crippen molar-refractivity contribution in [1.82, 2.24) is 4.90 Å². The van der Waals surface area contributed by atoms with Gasteiger partial charge < -0.3 is 19.9 Å². The molecule has 34 heavy (non-hydrogen) atoms. The molecule has 1 saturated heterocycles. The average molecular weight is 461 g/mol. The number of likely N-dealkylation sites (N-methyl/N-ethyl adjacent to an activating group) is 1. The van der Waals surface area contributed by atoms with Crippen LogP contribution in [-0.4, -0.2) is 35.6 Å². The first-order valence-electron chi connectivity index (χ1n) is 11.6. The van der Waals surface area contributed by atoms with E-state index in [0.717, 1.165) is 41.9 Å². The van der Waals surface area contributed by atoms with Crippen LogP contribution in [0.4, 0.5) is 5.69 Å². The van der Waals surface area contributed by atoms with Gasteiger partial charge in [0, 0.05) is 37.7 Å². The van der Waals surface area contributed by atoms with Gasteiger partial charge >= 0.3 is 0 Å². The maximum atomic E-state index is 11.3. The van der Waals surface area contributed by atoms with E-state index in [-0.39, 0.29) is 24.7 Å². The van der Waals surface area contributed by atoms with Gasteiger partial charge in [-0.3, -0.25) is 9.69 Å². The number of carbonyl (C=O) groups excluding carboxylic acids is 1. The van der Waals surface area contributed by atoms with E-state index in [2.05, 4.69) is 41.5 Å². The third kappa shape index (κ3) is 6.52. The monoisotopic (exact) mass is 460 g/mol. The smallest absolute Gasteiger partial charge is 0.221 e. The van der Waals surface area contributed by atoms with Crippen LogP contribution in [0.1, 0.15) is 48.0 Å². The van der Waals surface area contributed by atoms with Gasteiger partial charge in [0.2, 0.25) is 5.91 Å². The summed E-state index contributed by atoms with van der Waals surface area (Å²) in [6.07, 6.45) is 0.0670. The number of anilines is 1. The Balaban J connectivity index is 1.51. The third-order valence-corrected chi connectivity index (χ3v) is 5.93. The highest BCUT2D eigenvalue weighted by atomic mass is 16.7. The van der Waals surface area contributed by atoms with Gasteiger partial charge in [0.1, 0.15) is 0 Å². The lowest BCUT2D eigenvalue weighted by Gasteiger charge is -2.38. The van der Waals surface area contributed by atoms with Gasteiger partial charge in [-0.1, -0.05) is 66.7 Å². The molecule has 3 unspecified atom stereocenters. The maximum absolute atomic E-state index is 11.3. The van der Waals surface area contributed by atoms with E-state index in [0.29, 0.717) is 0 Å². The number of hydrogen-bond donors (Lipinski definition) is 2. The van der Waals surface area contributed by atoms with Crippen LogP contribution in [0, 0.1) is 0 Å². The molecular formula is C28H32N2O4. The topological polar surface area (TPSA) is 71.0 Å². The Morgan fingerprint density at radius 1 is 0.941 bits per heavy atom. The van der Waals surface area contributed by atoms with E-state index < -0.39 is 6.29 Å². The number of nitrogens with one attached hydrogen (secondary N) is 1. The number of hydrogen-bond acceptors (Lipinski definition) is 5. The zero-order valence-electron chi connectivity index (χ0n) is 19.7. The number of ether oxygens (including phenoxy) is 2. The molecule has 0 bridgehead atoms. The summed E-state index contributed by atoms with van der Waals surface area (Å²) in [4.78, 5) is 13.6. The lowest BCUT2D eigenvalue weighted by Crippen LogP contribution is -2.37. The maximum Gasteiger partial charge on any atom is 0.221 e. The van der Waals surface area contributed by atoms with Crippen molar-refractivity contribution >= 4 is 11.6 Å². The molecule has 3 aromatic rings. The Morgan fingerprint density at radius 2 is 1.62 bits per heavy atom. The predicted molar refractivity (Wildman–Crippen MR) is 132 cm³/mol. The molecule has 1 aliphatic heterocycles. The lowest BCUT2D eigenvalue weighted by atomic mass is 9.99. The number of amides is 1. The number of nitrogens with zero attached hydrogens (tertiary/aromatic N) is 1. The van der Waals surface area contributed by atoms with E-state index in [1.165, 1.54) is 12.5 Å². The van der Waals surface area contributed by atoms with Crippen molar-refractivity contribution in [3.05, 3.63) is 101 Å². The number of benzene rings is 3. The van der Waals surface area contributed by atoms with Gasteiger partial charge in [-0.2, -0.15) is 0 Å². The van der Waals surface area contributed by atoms with Gasteiger partial charge in [-0.05, 0) is 35.9 Å². The van der Waals surface area contributed by atoms with Crippen LogP contribution >= 0.6 is 0 Å². The highest BCUT2D eigenvalue weighted by molar-refractivity contribution is 5.88. The summed E-state index contributed by atoms with van der Waals surface area (Å²) in [6, 6.07) is 25.9. The summed E-state index contributed by atoms with van der Waals surface area (Å²) in [5.41, 5.74) is 4.85. The summed E-state index contributed by atoms with van der Waals surface area (Å²) < 4.78 is 12.8. The van der Waals surface area contributed by atoms with Crippen LogP contribution in [-0.2, 0) is 27.4 Å². The zero-order valence-corrected chi connectivity index (χ0v) is 19.7. The molecule has 0 radical (unpaired) electrons. The summed E-state index contributed by atoms with van der Waals surface area (Å²) in [5.74, 6) is -0.106. The minimum Gasteiger partial charge on any atom is -0.392 e. The molecule has 1 heterocycles. The van der Waals surface area contributed by atoms with Gasteiger partial charge in [-0.15, -0.1) is 0 Å². The summed E-state index contributed by atoms with van der Waals surface area (Å²) in [7, 11) is 2.11. The van der Waals surface area contributed by atoms with Crippen molar-refractivity contribution in [2.75, 3.05) is 18.9 Å². The molecule has 178 valence electrons. The molecule has 1 aliphatic rings. The van der Waals surface area contributed by atoms with E-state index in [1.807, 2.05) is 54.6 Å². The second-order valence-corrected chi connectivity index (χ2v) is 8.84. The van der Waals surface area contributed by atoms with Crippen molar-refractivity contribution in [2.24, 2.45) is 0 Å². The van der Waals surface area contributed by atoms with Crippen molar-refractivity contribution in [1.29, 1.82) is 0 Å². The van der Waals surface area contributed by atoms with Crippen LogP contribution in [0.5, 0.6) is 0 Å². The summed E-state index contributed by atoms with van der Waals surface area (Å²) >= 11 is 0. The Kier molecular flexibility index (Phi) is 8.08. The van der Waals surface area contributed by atoms with Crippen LogP contribution in [0.2, 0.25) is 0 Å². The highest BCUT2D eigenvalue weighted by Crippen LogP contribution is 2.38. The van der Waals surface area contributed by atoms with E-state index in [1.54, 1.807) is 0 Å². The Labute approximate surface area is 201 Å². The second kappa shape index (κ2) is 11.4. The molecule has 1 amide bonds. The Hall–Kier alpha value is -3.03. The van der Waals surface area contributed by atoms with E-state index >= 15 is 0 Å². The molecule has 0 saturated carbocycles. The highest BCUT2D eigenvalue weighted by Gasteiger charge is 2.32. The van der Waals surface area contributed by atoms with Crippen molar-refractivity contribution in [2.45, 2.75) is 45.0 Å². The standard InChI is InChI=1S/C28H32N2O4/c1-20(32)29-25-14-12-24(13-15-25)28-33-26(18-30(2)17-21-6-4-3-5-7-21)16-27(34-28)23-10-8-22(19-31)9-11-23/h3-15,26-28,31H,16-19H2,1-2H3,(H,29,32). The largest absolute Gasteiger partial charge is 0.392 e. The first-order chi connectivity index (χ1) is 16.5. The molecule has 6 heteroatoms. The van der Waals surface area contributed by atoms with Crippen LogP contribution in [0.3, 0.4) is 0 Å². The van der Waals surface area contributed by atoms with Gasteiger partial charge in [0.15, 0.2) is 6.29 Å². The van der Waals surface area contributed by atoms with E-state index in [9.17, 15) is 9.90 Å². The summed E-state index contributed by atoms with van der Waals surface area (Å²) in [6.45, 7) is 3.12. The average Bonchev–Trinajstić information content (AvgIpc) is 2.84. The fraction of sp³-hybridized carbons (Fsp3) is 0.321. The van der Waals surface area contributed by atoms with Gasteiger partial charge in [0.25, 0.3) is 0 Å². The Bertz CT molecular complexity index is 1050. The first kappa shape index (κ1) is 24.1. The molecule has 0 spiro atoms. The number of aliphatic hydroxyl groups is 1. The number of rotatable bonds is 8. The molecule has 6 nitrogen and oxygen atoms in total. The minimum atomic E-state index is -0.516. The van der Waals surface area contributed by atoms with E-state index in [4.69, 9.17) is 9.47 Å². The molecule has 0 aromatic heterocycles. The minimum absolute atomic E-state index is 0.0189. The van der Waals surface area contributed by atoms with Gasteiger partial charge in [-0.25, -0.2) is 0 Å². The molecule has 4 rings (SSSR count). The molecule has 3 aromatic carbocycles. The lowest BCUT2D eigenvalue weighted by molar-refractivity contribution is -0.252. The number of aliphatic hydroxyl groups excluding tert-OH is 1. The van der Waals surface area contributed by atoms with Crippen LogP contribution < -0.4 is 5.32 Å². The third-order valence-electron chi connectivity index (χ3n) is 5.93. The van der Waals surface area contributed by atoms with Crippen LogP contribution in [0.15, 0.2) is 78.9 Å². The number of carbonyl (C=O) groups is 1. The summed E-state index contributed by atoms with van der Waals surface area (Å²) in [5, 5.41) is 12.2. The normalized spacial score (nSPS) is 20.3. The van der Waals surface area contributed by atoms with Gasteiger partial charge in [0.05, 0.1) is 18.8 Å². The molecule has 3 atom stereocenters. The zero-order chi connectivity index (χ0) is 23.9. The molecular weight excluding hydrogens is 428 g/mol. The fourth-order valence-corrected chi connectivity index (χ4v) is 4.27. The first-order valence-corrected chi connectivity index (χ1v) is 11.6. The quantitative estimate of drug-likeness (QED) is 0.505. The van der Waals surface area contributed by atoms with Crippen molar-refractivity contribution in [3.63, 3.8) is 0 Å². The molecule has 1 fully saturated rings. The van der Waals surface area contributed by atoms with Crippen molar-refractivity contribution in [3.8, 4) is 0 Å². The van der Waals surface area contributed by atoms with Crippen LogP contribution in [0.25, 0.3) is 0 Å². The fourth-order valence-electron chi connectivity index (χ4n) is 4.27. The van der Waals surface area contributed by atoms with Crippen molar-refractivity contribution < 1.29 is 19.4 Å². The molecule has 2 N–H and O–H groups in total.